The van der Waals surface area contributed by atoms with Crippen LogP contribution in [0.15, 0.2) is 18.2 Å². The van der Waals surface area contributed by atoms with Crippen molar-refractivity contribution in [3.05, 3.63) is 39.4 Å². The number of carboxylic acids is 1. The minimum absolute atomic E-state index is 0.168. The van der Waals surface area contributed by atoms with Crippen LogP contribution in [0.25, 0.3) is 0 Å². The van der Waals surface area contributed by atoms with Crippen LogP contribution in [0.3, 0.4) is 0 Å². The second kappa shape index (κ2) is 6.90. The van der Waals surface area contributed by atoms with E-state index in [1.165, 1.54) is 23.9 Å². The molecule has 0 aliphatic heterocycles. The molecule has 0 aromatic heterocycles. The fraction of sp³-hybridized carbons (Fsp3) is 0.333. The third-order valence-electron chi connectivity index (χ3n) is 2.49. The van der Waals surface area contributed by atoms with Crippen LogP contribution in [-0.2, 0) is 0 Å². The van der Waals surface area contributed by atoms with Crippen LogP contribution < -0.4 is 5.32 Å². The van der Waals surface area contributed by atoms with E-state index in [4.69, 9.17) is 5.11 Å². The van der Waals surface area contributed by atoms with Crippen molar-refractivity contribution >= 4 is 29.3 Å². The van der Waals surface area contributed by atoms with Gasteiger partial charge in [0, 0.05) is 17.9 Å². The minimum Gasteiger partial charge on any atom is -0.477 e. The Hall–Kier alpha value is -2.09. The number of nitro groups is 1. The van der Waals surface area contributed by atoms with Gasteiger partial charge in [-0.15, -0.1) is 0 Å². The van der Waals surface area contributed by atoms with Gasteiger partial charge in [-0.05, 0) is 19.2 Å². The normalized spacial score (nSPS) is 11.7. The van der Waals surface area contributed by atoms with Crippen molar-refractivity contribution in [3.8, 4) is 0 Å². The van der Waals surface area contributed by atoms with E-state index < -0.39 is 28.1 Å². The highest BCUT2D eigenvalue weighted by atomic mass is 32.2. The van der Waals surface area contributed by atoms with Gasteiger partial charge in [-0.1, -0.05) is 6.07 Å². The van der Waals surface area contributed by atoms with Gasteiger partial charge < -0.3 is 10.4 Å². The lowest BCUT2D eigenvalue weighted by molar-refractivity contribution is -0.385. The van der Waals surface area contributed by atoms with Crippen molar-refractivity contribution in [2.24, 2.45) is 0 Å². The quantitative estimate of drug-likeness (QED) is 0.612. The zero-order chi connectivity index (χ0) is 15.3. The smallest absolute Gasteiger partial charge is 0.343 e. The maximum Gasteiger partial charge on any atom is 0.343 e. The largest absolute Gasteiger partial charge is 0.477 e. The summed E-state index contributed by atoms with van der Waals surface area (Å²) in [4.78, 5) is 33.2. The molecule has 0 radical (unpaired) electrons. The van der Waals surface area contributed by atoms with Crippen LogP contribution in [0.4, 0.5) is 5.69 Å². The molecule has 1 aromatic carbocycles. The van der Waals surface area contributed by atoms with E-state index >= 15 is 0 Å². The standard InChI is InChI=1S/C12H14N2O5S/c1-7(6-20-2)13-11(15)8-4-3-5-9(14(18)19)10(8)12(16)17/h3-5,7H,6H2,1-2H3,(H,13,15)(H,16,17). The van der Waals surface area contributed by atoms with Gasteiger partial charge in [-0.25, -0.2) is 4.79 Å². The van der Waals surface area contributed by atoms with Crippen molar-refractivity contribution in [1.29, 1.82) is 0 Å². The Morgan fingerprint density at radius 1 is 1.50 bits per heavy atom. The number of thioether (sulfide) groups is 1. The minimum atomic E-state index is -1.50. The van der Waals surface area contributed by atoms with E-state index in [1.54, 1.807) is 6.92 Å². The van der Waals surface area contributed by atoms with Crippen molar-refractivity contribution in [2.45, 2.75) is 13.0 Å². The van der Waals surface area contributed by atoms with Gasteiger partial charge >= 0.3 is 5.97 Å². The molecule has 1 amide bonds. The van der Waals surface area contributed by atoms with Crippen molar-refractivity contribution in [1.82, 2.24) is 5.32 Å². The molecule has 0 aliphatic carbocycles. The number of carbonyl (C=O) groups excluding carboxylic acids is 1. The highest BCUT2D eigenvalue weighted by Crippen LogP contribution is 2.22. The van der Waals surface area contributed by atoms with Gasteiger partial charge in [0.2, 0.25) is 0 Å². The molecule has 2 N–H and O–H groups in total. The van der Waals surface area contributed by atoms with E-state index in [0.717, 1.165) is 6.07 Å². The topological polar surface area (TPSA) is 110 Å². The maximum atomic E-state index is 12.0. The number of aromatic carboxylic acids is 1. The Bertz CT molecular complexity index is 547. The molecule has 0 heterocycles. The Morgan fingerprint density at radius 3 is 2.65 bits per heavy atom. The summed E-state index contributed by atoms with van der Waals surface area (Å²) in [7, 11) is 0. The third-order valence-corrected chi connectivity index (χ3v) is 3.33. The number of rotatable bonds is 6. The molecule has 0 spiro atoms. The Labute approximate surface area is 119 Å². The Balaban J connectivity index is 3.17. The molecule has 1 aromatic rings. The number of carboxylic acid groups (broad SMARTS) is 1. The van der Waals surface area contributed by atoms with E-state index in [1.807, 2.05) is 6.26 Å². The lowest BCUT2D eigenvalue weighted by atomic mass is 10.0. The number of nitrogens with one attached hydrogen (secondary N) is 1. The molecular formula is C12H14N2O5S. The second-order valence-corrected chi connectivity index (χ2v) is 5.00. The van der Waals surface area contributed by atoms with Crippen LogP contribution in [-0.4, -0.2) is 40.0 Å². The lowest BCUT2D eigenvalue weighted by Crippen LogP contribution is -2.35. The maximum absolute atomic E-state index is 12.0. The average Bonchev–Trinajstić information content (AvgIpc) is 2.37. The fourth-order valence-electron chi connectivity index (χ4n) is 1.70. The molecule has 0 saturated carbocycles. The molecule has 1 rings (SSSR count). The number of carbonyl (C=O) groups is 2. The summed E-state index contributed by atoms with van der Waals surface area (Å²) in [6.07, 6.45) is 1.87. The summed E-state index contributed by atoms with van der Waals surface area (Å²) in [6.45, 7) is 1.77. The highest BCUT2D eigenvalue weighted by molar-refractivity contribution is 7.98. The van der Waals surface area contributed by atoms with E-state index in [0.29, 0.717) is 5.75 Å². The summed E-state index contributed by atoms with van der Waals surface area (Å²) in [5.74, 6) is -1.48. The predicted molar refractivity (Wildman–Crippen MR) is 75.4 cm³/mol. The number of hydrogen-bond acceptors (Lipinski definition) is 5. The van der Waals surface area contributed by atoms with Crippen molar-refractivity contribution in [2.75, 3.05) is 12.0 Å². The van der Waals surface area contributed by atoms with E-state index in [2.05, 4.69) is 5.32 Å². The first-order valence-corrected chi connectivity index (χ1v) is 7.08. The molecule has 0 bridgehead atoms. The number of nitro benzene ring substituents is 1. The van der Waals surface area contributed by atoms with Crippen LogP contribution >= 0.6 is 11.8 Å². The van der Waals surface area contributed by atoms with Crippen LogP contribution in [0.1, 0.15) is 27.6 Å². The molecular weight excluding hydrogens is 284 g/mol. The summed E-state index contributed by atoms with van der Waals surface area (Å²) in [6, 6.07) is 3.44. The van der Waals surface area contributed by atoms with Gasteiger partial charge in [-0.3, -0.25) is 14.9 Å². The SMILES string of the molecule is CSCC(C)NC(=O)c1cccc([N+](=O)[O-])c1C(=O)O. The summed E-state index contributed by atoms with van der Waals surface area (Å²) in [5.41, 5.74) is -1.39. The molecule has 0 saturated heterocycles. The van der Waals surface area contributed by atoms with Gasteiger partial charge in [0.15, 0.2) is 0 Å². The Kier molecular flexibility index (Phi) is 5.51. The average molecular weight is 298 g/mol. The first kappa shape index (κ1) is 16.0. The van der Waals surface area contributed by atoms with Crippen molar-refractivity contribution in [3.63, 3.8) is 0 Å². The zero-order valence-electron chi connectivity index (χ0n) is 11.0. The predicted octanol–water partition coefficient (Wildman–Crippen LogP) is 1.77. The first-order valence-electron chi connectivity index (χ1n) is 5.69. The van der Waals surface area contributed by atoms with Crippen LogP contribution in [0.2, 0.25) is 0 Å². The van der Waals surface area contributed by atoms with Crippen LogP contribution in [0.5, 0.6) is 0 Å². The lowest BCUT2D eigenvalue weighted by Gasteiger charge is -2.13. The number of benzene rings is 1. The van der Waals surface area contributed by atoms with Gasteiger partial charge in [0.05, 0.1) is 10.5 Å². The summed E-state index contributed by atoms with van der Waals surface area (Å²) in [5, 5.41) is 22.5. The molecule has 0 fully saturated rings. The number of nitrogens with zero attached hydrogens (tertiary/aromatic N) is 1. The molecule has 8 heteroatoms. The first-order chi connectivity index (χ1) is 9.38. The number of hydrogen-bond donors (Lipinski definition) is 2. The van der Waals surface area contributed by atoms with Gasteiger partial charge in [0.25, 0.3) is 11.6 Å². The molecule has 7 nitrogen and oxygen atoms in total. The van der Waals surface area contributed by atoms with Crippen molar-refractivity contribution < 1.29 is 19.6 Å². The van der Waals surface area contributed by atoms with E-state index in [-0.39, 0.29) is 11.6 Å². The second-order valence-electron chi connectivity index (χ2n) is 4.09. The molecule has 1 atom stereocenters. The molecule has 1 unspecified atom stereocenters. The third kappa shape index (κ3) is 3.70. The van der Waals surface area contributed by atoms with Crippen LogP contribution in [0, 0.1) is 10.1 Å². The van der Waals surface area contributed by atoms with Gasteiger partial charge in [-0.2, -0.15) is 11.8 Å². The summed E-state index contributed by atoms with van der Waals surface area (Å²) < 4.78 is 0. The molecule has 0 aliphatic rings. The Morgan fingerprint density at radius 2 is 2.15 bits per heavy atom. The molecule has 108 valence electrons. The monoisotopic (exact) mass is 298 g/mol. The number of amides is 1. The van der Waals surface area contributed by atoms with E-state index in [9.17, 15) is 19.7 Å². The summed E-state index contributed by atoms with van der Waals surface area (Å²) >= 11 is 1.53. The highest BCUT2D eigenvalue weighted by Gasteiger charge is 2.27. The fourth-order valence-corrected chi connectivity index (χ4v) is 2.28. The zero-order valence-corrected chi connectivity index (χ0v) is 11.8. The molecule has 20 heavy (non-hydrogen) atoms. The van der Waals surface area contributed by atoms with Gasteiger partial charge in [0.1, 0.15) is 5.56 Å².